The first kappa shape index (κ1) is 10.2. The number of nitrogens with two attached hydrogens (primary N) is 2. The number of aromatic amines is 1. The van der Waals surface area contributed by atoms with Crippen molar-refractivity contribution in [3.05, 3.63) is 24.0 Å². The number of carbonyl (C=O) groups is 2. The number of amides is 2. The van der Waals surface area contributed by atoms with Gasteiger partial charge in [0.05, 0.1) is 5.69 Å². The van der Waals surface area contributed by atoms with Crippen molar-refractivity contribution in [1.82, 2.24) is 10.4 Å². The van der Waals surface area contributed by atoms with E-state index in [0.29, 0.717) is 5.69 Å². The highest BCUT2D eigenvalue weighted by Gasteiger charge is 1.81. The van der Waals surface area contributed by atoms with E-state index in [9.17, 15) is 9.59 Å². The number of nitrogens with one attached hydrogen (secondary N) is 2. The second kappa shape index (κ2) is 5.93. The van der Waals surface area contributed by atoms with E-state index in [2.05, 4.69) is 16.6 Å². The van der Waals surface area contributed by atoms with Gasteiger partial charge in [-0.2, -0.15) is 0 Å². The molecule has 0 unspecified atom stereocenters. The Balaban J connectivity index is 0.000000217. The zero-order valence-electron chi connectivity index (χ0n) is 6.28. The second-order valence-electron chi connectivity index (χ2n) is 1.75. The van der Waals surface area contributed by atoms with E-state index in [0.717, 1.165) is 6.29 Å². The van der Waals surface area contributed by atoms with Gasteiger partial charge in [0.2, 0.25) is 0 Å². The SMILES string of the molecule is NNC(N)=O.O=Cc1ccc[nH]1. The van der Waals surface area contributed by atoms with Crippen LogP contribution in [0.2, 0.25) is 0 Å². The molecule has 0 radical (unpaired) electrons. The number of aromatic nitrogens is 1. The summed E-state index contributed by atoms with van der Waals surface area (Å²) in [7, 11) is 0. The molecule has 6 nitrogen and oxygen atoms in total. The largest absolute Gasteiger partial charge is 0.359 e. The summed E-state index contributed by atoms with van der Waals surface area (Å²) in [6, 6.07) is 2.78. The molecule has 12 heavy (non-hydrogen) atoms. The maximum atomic E-state index is 9.84. The Morgan fingerprint density at radius 2 is 2.25 bits per heavy atom. The van der Waals surface area contributed by atoms with Crippen LogP contribution in [0.3, 0.4) is 0 Å². The Morgan fingerprint density at radius 3 is 2.42 bits per heavy atom. The number of carbonyl (C=O) groups excluding carboxylic acids is 2. The molecule has 0 aliphatic rings. The minimum Gasteiger partial charge on any atom is -0.359 e. The topological polar surface area (TPSA) is 114 Å². The fraction of sp³-hybridized carbons (Fsp3) is 0. The first-order valence-electron chi connectivity index (χ1n) is 3.05. The molecule has 0 aromatic carbocycles. The van der Waals surface area contributed by atoms with Crippen LogP contribution < -0.4 is 17.0 Å². The van der Waals surface area contributed by atoms with E-state index in [-0.39, 0.29) is 0 Å². The number of aldehydes is 1. The molecular weight excluding hydrogens is 160 g/mol. The molecule has 1 aromatic rings. The van der Waals surface area contributed by atoms with Gasteiger partial charge in [-0.25, -0.2) is 10.6 Å². The average Bonchev–Trinajstić information content (AvgIpc) is 2.57. The Morgan fingerprint density at radius 1 is 1.67 bits per heavy atom. The molecule has 1 heterocycles. The molecule has 0 atom stereocenters. The summed E-state index contributed by atoms with van der Waals surface area (Å²) in [6.07, 6.45) is 2.49. The first-order chi connectivity index (χ1) is 5.70. The minimum atomic E-state index is -0.718. The first-order valence-corrected chi connectivity index (χ1v) is 3.05. The van der Waals surface area contributed by atoms with Crippen molar-refractivity contribution in [2.24, 2.45) is 11.6 Å². The standard InChI is InChI=1S/C5H5NO.CH5N3O/c7-4-5-2-1-3-6-5;2-1(5)4-3/h1-4,6H;3H2,(H3,2,4,5). The quantitative estimate of drug-likeness (QED) is 0.194. The normalized spacial score (nSPS) is 7.75. The summed E-state index contributed by atoms with van der Waals surface area (Å²) < 4.78 is 0. The van der Waals surface area contributed by atoms with E-state index in [1.165, 1.54) is 0 Å². The number of hydrogen-bond acceptors (Lipinski definition) is 3. The fourth-order valence-electron chi connectivity index (χ4n) is 0.418. The minimum absolute atomic E-state index is 0.625. The van der Waals surface area contributed by atoms with Gasteiger partial charge in [-0.05, 0) is 12.1 Å². The van der Waals surface area contributed by atoms with Crippen LogP contribution in [0, 0.1) is 0 Å². The molecule has 1 aromatic heterocycles. The van der Waals surface area contributed by atoms with E-state index >= 15 is 0 Å². The molecular formula is C6H10N4O2. The monoisotopic (exact) mass is 170 g/mol. The number of urea groups is 1. The van der Waals surface area contributed by atoms with Gasteiger partial charge >= 0.3 is 6.03 Å². The molecule has 2 amide bonds. The highest BCUT2D eigenvalue weighted by Crippen LogP contribution is 1.85. The Hall–Kier alpha value is -1.82. The fourth-order valence-corrected chi connectivity index (χ4v) is 0.418. The van der Waals surface area contributed by atoms with Crippen molar-refractivity contribution in [2.45, 2.75) is 0 Å². The number of primary amides is 1. The van der Waals surface area contributed by atoms with Crippen LogP contribution in [0.25, 0.3) is 0 Å². The van der Waals surface area contributed by atoms with Crippen molar-refractivity contribution >= 4 is 12.3 Å². The third-order valence-electron chi connectivity index (χ3n) is 0.891. The molecule has 0 aliphatic carbocycles. The maximum absolute atomic E-state index is 9.84. The number of hydrogen-bond donors (Lipinski definition) is 4. The zero-order valence-corrected chi connectivity index (χ0v) is 6.28. The van der Waals surface area contributed by atoms with E-state index < -0.39 is 6.03 Å². The van der Waals surface area contributed by atoms with Gasteiger partial charge in [-0.3, -0.25) is 10.2 Å². The van der Waals surface area contributed by atoms with Crippen LogP contribution in [0.15, 0.2) is 18.3 Å². The Kier molecular flexibility index (Phi) is 5.03. The van der Waals surface area contributed by atoms with Gasteiger partial charge in [0.25, 0.3) is 0 Å². The predicted molar refractivity (Wildman–Crippen MR) is 43.1 cm³/mol. The average molecular weight is 170 g/mol. The zero-order chi connectivity index (χ0) is 9.40. The lowest BCUT2D eigenvalue weighted by Gasteiger charge is -1.81. The summed E-state index contributed by atoms with van der Waals surface area (Å²) in [6.45, 7) is 0. The molecule has 0 saturated heterocycles. The van der Waals surface area contributed by atoms with Crippen molar-refractivity contribution in [2.75, 3.05) is 0 Å². The van der Waals surface area contributed by atoms with Gasteiger partial charge < -0.3 is 10.7 Å². The van der Waals surface area contributed by atoms with Gasteiger partial charge in [-0.15, -0.1) is 0 Å². The second-order valence-corrected chi connectivity index (χ2v) is 1.75. The smallest absolute Gasteiger partial charge is 0.326 e. The molecule has 6 N–H and O–H groups in total. The van der Waals surface area contributed by atoms with Gasteiger partial charge in [0.15, 0.2) is 6.29 Å². The van der Waals surface area contributed by atoms with E-state index in [1.54, 1.807) is 23.8 Å². The Bertz CT molecular complexity index is 232. The summed E-state index contributed by atoms with van der Waals surface area (Å²) >= 11 is 0. The third kappa shape index (κ3) is 5.00. The van der Waals surface area contributed by atoms with Gasteiger partial charge in [0, 0.05) is 6.20 Å². The van der Waals surface area contributed by atoms with Gasteiger partial charge in [-0.1, -0.05) is 0 Å². The van der Waals surface area contributed by atoms with Crippen LogP contribution >= 0.6 is 0 Å². The van der Waals surface area contributed by atoms with E-state index in [1.807, 2.05) is 0 Å². The summed E-state index contributed by atoms with van der Waals surface area (Å²) in [5.41, 5.74) is 6.71. The van der Waals surface area contributed by atoms with Crippen LogP contribution in [0.4, 0.5) is 4.79 Å². The molecule has 0 aliphatic heterocycles. The third-order valence-corrected chi connectivity index (χ3v) is 0.891. The van der Waals surface area contributed by atoms with Crippen LogP contribution in [-0.4, -0.2) is 17.3 Å². The summed E-state index contributed by atoms with van der Waals surface area (Å²) in [5.74, 6) is 4.45. The van der Waals surface area contributed by atoms with Crippen LogP contribution in [-0.2, 0) is 0 Å². The number of hydrazine groups is 1. The Labute approximate surface area is 68.9 Å². The highest BCUT2D eigenvalue weighted by molar-refractivity contribution is 5.71. The van der Waals surface area contributed by atoms with Gasteiger partial charge in [0.1, 0.15) is 0 Å². The molecule has 0 spiro atoms. The molecule has 0 fully saturated rings. The van der Waals surface area contributed by atoms with E-state index in [4.69, 9.17) is 0 Å². The molecule has 0 saturated carbocycles. The van der Waals surface area contributed by atoms with Crippen LogP contribution in [0.1, 0.15) is 10.5 Å². The lowest BCUT2D eigenvalue weighted by Crippen LogP contribution is -2.34. The highest BCUT2D eigenvalue weighted by atomic mass is 16.2. The molecule has 1 rings (SSSR count). The number of rotatable bonds is 1. The summed E-state index contributed by atoms with van der Waals surface area (Å²) in [4.78, 5) is 21.9. The predicted octanol–water partition coefficient (Wildman–Crippen LogP) is -0.644. The maximum Gasteiger partial charge on any atom is 0.326 e. The van der Waals surface area contributed by atoms with Crippen molar-refractivity contribution in [1.29, 1.82) is 0 Å². The number of H-pyrrole nitrogens is 1. The van der Waals surface area contributed by atoms with Crippen molar-refractivity contribution in [3.8, 4) is 0 Å². The summed E-state index contributed by atoms with van der Waals surface area (Å²) in [5, 5.41) is 0. The molecule has 6 heteroatoms. The lowest BCUT2D eigenvalue weighted by molar-refractivity contribution is 0.111. The van der Waals surface area contributed by atoms with Crippen molar-refractivity contribution < 1.29 is 9.59 Å². The van der Waals surface area contributed by atoms with Crippen LogP contribution in [0.5, 0.6) is 0 Å². The lowest BCUT2D eigenvalue weighted by atomic mass is 10.5. The molecule has 0 bridgehead atoms. The molecule has 66 valence electrons. The van der Waals surface area contributed by atoms with Crippen molar-refractivity contribution in [3.63, 3.8) is 0 Å².